The molecular weight excluding hydrogens is 314 g/mol. The molecule has 5 heteroatoms. The van der Waals surface area contributed by atoms with Crippen LogP contribution in [0.2, 0.25) is 0 Å². The maximum Gasteiger partial charge on any atom is 0.223 e. The predicted octanol–water partition coefficient (Wildman–Crippen LogP) is 2.29. The second kappa shape index (κ2) is 8.68. The number of ether oxygens (including phenoxy) is 1. The van der Waals surface area contributed by atoms with Crippen LogP contribution in [-0.4, -0.2) is 62.6 Å². The van der Waals surface area contributed by atoms with Gasteiger partial charge in [-0.2, -0.15) is 0 Å². The molecule has 1 heterocycles. The van der Waals surface area contributed by atoms with Crippen molar-refractivity contribution >= 4 is 5.91 Å². The monoisotopic (exact) mass is 345 g/mol. The first-order valence-corrected chi connectivity index (χ1v) is 9.51. The van der Waals surface area contributed by atoms with Crippen LogP contribution in [-0.2, 0) is 4.79 Å². The predicted molar refractivity (Wildman–Crippen MR) is 99.8 cm³/mol. The van der Waals surface area contributed by atoms with Crippen molar-refractivity contribution in [2.75, 3.05) is 46.9 Å². The number of rotatable bonds is 6. The van der Waals surface area contributed by atoms with Gasteiger partial charge in [-0.05, 0) is 37.6 Å². The van der Waals surface area contributed by atoms with Gasteiger partial charge in [-0.25, -0.2) is 0 Å². The molecule has 0 unspecified atom stereocenters. The Morgan fingerprint density at radius 2 is 1.80 bits per heavy atom. The number of piperazine rings is 1. The molecule has 1 N–H and O–H groups in total. The summed E-state index contributed by atoms with van der Waals surface area (Å²) in [4.78, 5) is 17.5. The van der Waals surface area contributed by atoms with E-state index in [1.54, 1.807) is 7.11 Å². The Hall–Kier alpha value is -1.59. The van der Waals surface area contributed by atoms with Gasteiger partial charge in [0.2, 0.25) is 5.91 Å². The van der Waals surface area contributed by atoms with Crippen molar-refractivity contribution in [2.45, 2.75) is 31.7 Å². The third-order valence-electron chi connectivity index (χ3n) is 5.60. The van der Waals surface area contributed by atoms with Crippen LogP contribution in [0.4, 0.5) is 0 Å². The number of methoxy groups -OCH3 is 1. The minimum absolute atomic E-state index is 0.0439. The number of amides is 1. The Morgan fingerprint density at radius 3 is 2.40 bits per heavy atom. The normalized spacial score (nSPS) is 21.2. The molecule has 0 bridgehead atoms. The summed E-state index contributed by atoms with van der Waals surface area (Å²) in [5.41, 5.74) is 1.16. The highest BCUT2D eigenvalue weighted by atomic mass is 16.5. The van der Waals surface area contributed by atoms with Gasteiger partial charge in [0.25, 0.3) is 0 Å². The molecule has 1 aliphatic carbocycles. The molecular formula is C20H31N3O2. The van der Waals surface area contributed by atoms with Gasteiger partial charge in [0.05, 0.1) is 13.2 Å². The van der Waals surface area contributed by atoms with Crippen LogP contribution in [0, 0.1) is 5.92 Å². The molecule has 138 valence electrons. The number of likely N-dealkylation sites (N-methyl/N-ethyl adjacent to an activating group) is 1. The van der Waals surface area contributed by atoms with E-state index in [1.807, 2.05) is 12.1 Å². The number of hydrogen-bond acceptors (Lipinski definition) is 4. The minimum Gasteiger partial charge on any atom is -0.497 e. The molecule has 0 radical (unpaired) electrons. The summed E-state index contributed by atoms with van der Waals surface area (Å²) >= 11 is 0. The number of hydrogen-bond donors (Lipinski definition) is 1. The van der Waals surface area contributed by atoms with Crippen LogP contribution in [0.15, 0.2) is 24.3 Å². The molecule has 25 heavy (non-hydrogen) atoms. The van der Waals surface area contributed by atoms with E-state index in [0.29, 0.717) is 0 Å². The number of nitrogens with one attached hydrogen (secondary N) is 1. The van der Waals surface area contributed by atoms with Crippen LogP contribution in [0.3, 0.4) is 0 Å². The highest BCUT2D eigenvalue weighted by molar-refractivity contribution is 5.79. The van der Waals surface area contributed by atoms with E-state index in [-0.39, 0.29) is 17.9 Å². The third-order valence-corrected chi connectivity index (χ3v) is 5.60. The molecule has 2 aliphatic rings. The lowest BCUT2D eigenvalue weighted by Crippen LogP contribution is -2.48. The SMILES string of the molecule is COc1ccc([C@H](CN2CCN(C)CC2)NC(=O)C2CCCC2)cc1. The van der Waals surface area contributed by atoms with E-state index in [2.05, 4.69) is 34.3 Å². The Balaban J connectivity index is 1.68. The maximum absolute atomic E-state index is 12.7. The fourth-order valence-corrected chi connectivity index (χ4v) is 3.84. The second-order valence-electron chi connectivity index (χ2n) is 7.42. The topological polar surface area (TPSA) is 44.8 Å². The van der Waals surface area contributed by atoms with Gasteiger partial charge in [-0.15, -0.1) is 0 Å². The molecule has 1 atom stereocenters. The first-order chi connectivity index (χ1) is 12.2. The Labute approximate surface area is 151 Å². The van der Waals surface area contributed by atoms with Crippen LogP contribution in [0.5, 0.6) is 5.75 Å². The Bertz CT molecular complexity index is 547. The van der Waals surface area contributed by atoms with E-state index >= 15 is 0 Å². The Kier molecular flexibility index (Phi) is 6.32. The van der Waals surface area contributed by atoms with Gasteiger partial charge in [0.15, 0.2) is 0 Å². The van der Waals surface area contributed by atoms with Gasteiger partial charge in [-0.3, -0.25) is 9.69 Å². The molecule has 0 spiro atoms. The quantitative estimate of drug-likeness (QED) is 0.859. The van der Waals surface area contributed by atoms with Crippen molar-refractivity contribution < 1.29 is 9.53 Å². The summed E-state index contributed by atoms with van der Waals surface area (Å²) in [5.74, 6) is 1.28. The molecule has 1 aromatic rings. The van der Waals surface area contributed by atoms with E-state index in [0.717, 1.165) is 56.9 Å². The molecule has 1 saturated carbocycles. The zero-order valence-electron chi connectivity index (χ0n) is 15.5. The molecule has 5 nitrogen and oxygen atoms in total. The highest BCUT2D eigenvalue weighted by Crippen LogP contribution is 2.26. The summed E-state index contributed by atoms with van der Waals surface area (Å²) in [7, 11) is 3.85. The van der Waals surface area contributed by atoms with E-state index in [1.165, 1.54) is 12.8 Å². The van der Waals surface area contributed by atoms with Crippen molar-refractivity contribution in [1.82, 2.24) is 15.1 Å². The number of benzene rings is 1. The van der Waals surface area contributed by atoms with E-state index < -0.39 is 0 Å². The van der Waals surface area contributed by atoms with Gasteiger partial charge in [0, 0.05) is 38.6 Å². The fraction of sp³-hybridized carbons (Fsp3) is 0.650. The largest absolute Gasteiger partial charge is 0.497 e. The maximum atomic E-state index is 12.7. The van der Waals surface area contributed by atoms with Gasteiger partial charge in [-0.1, -0.05) is 25.0 Å². The standard InChI is InChI=1S/C20H31N3O2/c1-22-11-13-23(14-12-22)15-19(16-7-9-18(25-2)10-8-16)21-20(24)17-5-3-4-6-17/h7-10,17,19H,3-6,11-15H2,1-2H3,(H,21,24)/t19-/m0/s1. The number of nitrogens with zero attached hydrogens (tertiary/aromatic N) is 2. The van der Waals surface area contributed by atoms with Crippen molar-refractivity contribution in [1.29, 1.82) is 0 Å². The fourth-order valence-electron chi connectivity index (χ4n) is 3.84. The van der Waals surface area contributed by atoms with Gasteiger partial charge < -0.3 is 15.0 Å². The van der Waals surface area contributed by atoms with E-state index in [9.17, 15) is 4.79 Å². The lowest BCUT2D eigenvalue weighted by atomic mass is 10.0. The minimum atomic E-state index is 0.0439. The average molecular weight is 345 g/mol. The molecule has 1 aromatic carbocycles. The Morgan fingerprint density at radius 1 is 1.16 bits per heavy atom. The summed E-state index contributed by atoms with van der Waals surface area (Å²) in [6.45, 7) is 5.17. The first-order valence-electron chi connectivity index (χ1n) is 9.51. The first kappa shape index (κ1) is 18.2. The molecule has 3 rings (SSSR count). The lowest BCUT2D eigenvalue weighted by Gasteiger charge is -2.35. The smallest absolute Gasteiger partial charge is 0.223 e. The van der Waals surface area contributed by atoms with Crippen molar-refractivity contribution in [3.8, 4) is 5.75 Å². The number of carbonyl (C=O) groups excluding carboxylic acids is 1. The molecule has 1 aliphatic heterocycles. The van der Waals surface area contributed by atoms with Crippen LogP contribution < -0.4 is 10.1 Å². The average Bonchev–Trinajstić information content (AvgIpc) is 3.18. The summed E-state index contributed by atoms with van der Waals surface area (Å²) < 4.78 is 5.27. The van der Waals surface area contributed by atoms with Crippen LogP contribution in [0.25, 0.3) is 0 Å². The van der Waals surface area contributed by atoms with Crippen molar-refractivity contribution in [3.63, 3.8) is 0 Å². The van der Waals surface area contributed by atoms with Crippen LogP contribution in [0.1, 0.15) is 37.3 Å². The molecule has 1 amide bonds. The van der Waals surface area contributed by atoms with Gasteiger partial charge >= 0.3 is 0 Å². The van der Waals surface area contributed by atoms with Crippen LogP contribution >= 0.6 is 0 Å². The van der Waals surface area contributed by atoms with Crippen molar-refractivity contribution in [3.05, 3.63) is 29.8 Å². The molecule has 2 fully saturated rings. The lowest BCUT2D eigenvalue weighted by molar-refractivity contribution is -0.125. The molecule has 1 saturated heterocycles. The summed E-state index contributed by atoms with van der Waals surface area (Å²) in [6.07, 6.45) is 4.44. The summed E-state index contributed by atoms with van der Waals surface area (Å²) in [6, 6.07) is 8.16. The zero-order chi connectivity index (χ0) is 17.6. The third kappa shape index (κ3) is 4.95. The molecule has 0 aromatic heterocycles. The highest BCUT2D eigenvalue weighted by Gasteiger charge is 2.27. The van der Waals surface area contributed by atoms with Gasteiger partial charge in [0.1, 0.15) is 5.75 Å². The van der Waals surface area contributed by atoms with E-state index in [4.69, 9.17) is 4.74 Å². The second-order valence-corrected chi connectivity index (χ2v) is 7.42. The van der Waals surface area contributed by atoms with Crippen molar-refractivity contribution in [2.24, 2.45) is 5.92 Å². The zero-order valence-corrected chi connectivity index (χ0v) is 15.5. The number of carbonyl (C=O) groups is 1. The summed E-state index contributed by atoms with van der Waals surface area (Å²) in [5, 5.41) is 3.34.